The number of piperidine rings is 1. The van der Waals surface area contributed by atoms with Crippen molar-refractivity contribution in [2.75, 3.05) is 6.54 Å². The highest BCUT2D eigenvalue weighted by atomic mass is 16.1. The minimum Gasteiger partial charge on any atom is -0.360 e. The third kappa shape index (κ3) is 2.13. The predicted octanol–water partition coefficient (Wildman–Crippen LogP) is 2.36. The topological polar surface area (TPSA) is 68.7 Å². The summed E-state index contributed by atoms with van der Waals surface area (Å²) in [5, 5.41) is 13.1. The molecule has 0 spiro atoms. The van der Waals surface area contributed by atoms with Gasteiger partial charge in [0.2, 0.25) is 0 Å². The molecule has 19 heavy (non-hydrogen) atoms. The number of H-pyrrole nitrogens is 1. The Kier molecular flexibility index (Phi) is 3.06. The zero-order valence-electron chi connectivity index (χ0n) is 10.6. The maximum Gasteiger partial charge on any atom is 0.181 e. The number of rotatable bonds is 2. The number of nitriles is 1. The summed E-state index contributed by atoms with van der Waals surface area (Å²) in [4.78, 5) is 15.6. The molecule has 0 bridgehead atoms. The van der Waals surface area contributed by atoms with E-state index >= 15 is 0 Å². The van der Waals surface area contributed by atoms with Crippen LogP contribution < -0.4 is 5.32 Å². The van der Waals surface area contributed by atoms with Crippen LogP contribution in [0.15, 0.2) is 24.4 Å². The first kappa shape index (κ1) is 11.9. The first-order valence-electron chi connectivity index (χ1n) is 6.58. The van der Waals surface area contributed by atoms with Gasteiger partial charge >= 0.3 is 0 Å². The Hall–Kier alpha value is -2.12. The fourth-order valence-electron chi connectivity index (χ4n) is 2.66. The van der Waals surface area contributed by atoms with Gasteiger partial charge in [-0.2, -0.15) is 5.26 Å². The Balaban J connectivity index is 1.96. The van der Waals surface area contributed by atoms with Gasteiger partial charge in [0.05, 0.1) is 17.7 Å². The normalized spacial score (nSPS) is 19.2. The van der Waals surface area contributed by atoms with Gasteiger partial charge in [0.1, 0.15) is 0 Å². The molecule has 2 aromatic rings. The Bertz CT molecular complexity index is 660. The SMILES string of the molecule is N#Cc1ccc2c(C(=O)C3CCCCN3)c[nH]c2c1. The molecule has 1 aliphatic rings. The molecule has 0 aliphatic carbocycles. The van der Waals surface area contributed by atoms with Gasteiger partial charge in [-0.25, -0.2) is 0 Å². The van der Waals surface area contributed by atoms with E-state index in [-0.39, 0.29) is 11.8 Å². The summed E-state index contributed by atoms with van der Waals surface area (Å²) in [5.74, 6) is 0.149. The lowest BCUT2D eigenvalue weighted by Gasteiger charge is -2.21. The fourth-order valence-corrected chi connectivity index (χ4v) is 2.66. The van der Waals surface area contributed by atoms with Gasteiger partial charge in [-0.3, -0.25) is 4.79 Å². The van der Waals surface area contributed by atoms with Gasteiger partial charge in [0.15, 0.2) is 5.78 Å². The average molecular weight is 253 g/mol. The highest BCUT2D eigenvalue weighted by molar-refractivity contribution is 6.10. The molecule has 1 saturated heterocycles. The maximum absolute atomic E-state index is 12.5. The monoisotopic (exact) mass is 253 g/mol. The van der Waals surface area contributed by atoms with Crippen LogP contribution in [0.5, 0.6) is 0 Å². The molecule has 1 aromatic heterocycles. The predicted molar refractivity (Wildman–Crippen MR) is 73.0 cm³/mol. The van der Waals surface area contributed by atoms with Crippen molar-refractivity contribution >= 4 is 16.7 Å². The molecular formula is C15H15N3O. The Labute approximate surface area is 111 Å². The molecule has 1 aromatic carbocycles. The van der Waals surface area contributed by atoms with Crippen molar-refractivity contribution < 1.29 is 4.79 Å². The van der Waals surface area contributed by atoms with Crippen molar-refractivity contribution in [1.82, 2.24) is 10.3 Å². The lowest BCUT2D eigenvalue weighted by molar-refractivity contribution is 0.0929. The zero-order valence-corrected chi connectivity index (χ0v) is 10.6. The number of carbonyl (C=O) groups excluding carboxylic acids is 1. The van der Waals surface area contributed by atoms with Crippen molar-refractivity contribution in [3.8, 4) is 6.07 Å². The molecule has 96 valence electrons. The quantitative estimate of drug-likeness (QED) is 0.807. The third-order valence-electron chi connectivity index (χ3n) is 3.70. The average Bonchev–Trinajstić information content (AvgIpc) is 2.90. The van der Waals surface area contributed by atoms with Gasteiger partial charge < -0.3 is 10.3 Å². The summed E-state index contributed by atoms with van der Waals surface area (Å²) in [7, 11) is 0. The molecular weight excluding hydrogens is 238 g/mol. The van der Waals surface area contributed by atoms with Crippen LogP contribution in [0.25, 0.3) is 10.9 Å². The van der Waals surface area contributed by atoms with Crippen LogP contribution in [0.3, 0.4) is 0 Å². The van der Waals surface area contributed by atoms with E-state index in [1.807, 2.05) is 6.07 Å². The number of aromatic amines is 1. The van der Waals surface area contributed by atoms with Crippen molar-refractivity contribution in [3.63, 3.8) is 0 Å². The number of benzene rings is 1. The van der Waals surface area contributed by atoms with Gasteiger partial charge in [-0.15, -0.1) is 0 Å². The number of aromatic nitrogens is 1. The minimum absolute atomic E-state index is 0.0663. The third-order valence-corrected chi connectivity index (χ3v) is 3.70. The number of nitrogens with zero attached hydrogens (tertiary/aromatic N) is 1. The second kappa shape index (κ2) is 4.87. The van der Waals surface area contributed by atoms with Gasteiger partial charge in [-0.05, 0) is 31.5 Å². The summed E-state index contributed by atoms with van der Waals surface area (Å²) in [6, 6.07) is 7.41. The fraction of sp³-hybridized carbons (Fsp3) is 0.333. The minimum atomic E-state index is -0.0663. The van der Waals surface area contributed by atoms with Crippen LogP contribution in [0.1, 0.15) is 35.2 Å². The highest BCUT2D eigenvalue weighted by Crippen LogP contribution is 2.22. The van der Waals surface area contributed by atoms with Crippen LogP contribution in [0.4, 0.5) is 0 Å². The van der Waals surface area contributed by atoms with E-state index < -0.39 is 0 Å². The summed E-state index contributed by atoms with van der Waals surface area (Å²) < 4.78 is 0. The standard InChI is InChI=1S/C15H15N3O/c16-8-10-4-5-11-12(9-18-14(11)7-10)15(19)13-3-1-2-6-17-13/h4-5,7,9,13,17-18H,1-3,6H2. The van der Waals surface area contributed by atoms with E-state index in [4.69, 9.17) is 5.26 Å². The second-order valence-corrected chi connectivity index (χ2v) is 4.94. The molecule has 1 unspecified atom stereocenters. The second-order valence-electron chi connectivity index (χ2n) is 4.94. The lowest BCUT2D eigenvalue weighted by Crippen LogP contribution is -2.40. The molecule has 2 heterocycles. The van der Waals surface area contributed by atoms with E-state index in [2.05, 4.69) is 16.4 Å². The smallest absolute Gasteiger partial charge is 0.181 e. The Morgan fingerprint density at radius 3 is 3.00 bits per heavy atom. The zero-order chi connectivity index (χ0) is 13.2. The number of carbonyl (C=O) groups is 1. The molecule has 1 fully saturated rings. The van der Waals surface area contributed by atoms with Gasteiger partial charge in [0.25, 0.3) is 0 Å². The van der Waals surface area contributed by atoms with Gasteiger partial charge in [-0.1, -0.05) is 12.5 Å². The molecule has 2 N–H and O–H groups in total. The summed E-state index contributed by atoms with van der Waals surface area (Å²) >= 11 is 0. The van der Waals surface area contributed by atoms with Crippen LogP contribution in [-0.4, -0.2) is 23.4 Å². The van der Waals surface area contributed by atoms with E-state index in [9.17, 15) is 4.79 Å². The molecule has 0 amide bonds. The number of nitrogens with one attached hydrogen (secondary N) is 2. The molecule has 1 aliphatic heterocycles. The maximum atomic E-state index is 12.5. The molecule has 1 atom stereocenters. The van der Waals surface area contributed by atoms with Crippen molar-refractivity contribution in [2.24, 2.45) is 0 Å². The summed E-state index contributed by atoms with van der Waals surface area (Å²) in [5.41, 5.74) is 2.17. The molecule has 0 radical (unpaired) electrons. The molecule has 4 nitrogen and oxygen atoms in total. The molecule has 4 heteroatoms. The van der Waals surface area contributed by atoms with E-state index in [0.717, 1.165) is 42.3 Å². The molecule has 3 rings (SSSR count). The highest BCUT2D eigenvalue weighted by Gasteiger charge is 2.23. The number of Topliss-reactive ketones (excluding diaryl/α,β-unsaturated/α-hetero) is 1. The van der Waals surface area contributed by atoms with Crippen LogP contribution in [0, 0.1) is 11.3 Å². The lowest BCUT2D eigenvalue weighted by atomic mass is 9.96. The first-order valence-corrected chi connectivity index (χ1v) is 6.58. The van der Waals surface area contributed by atoms with Crippen molar-refractivity contribution in [1.29, 1.82) is 5.26 Å². The van der Waals surface area contributed by atoms with Crippen LogP contribution in [0.2, 0.25) is 0 Å². The summed E-state index contributed by atoms with van der Waals surface area (Å²) in [6.45, 7) is 0.914. The van der Waals surface area contributed by atoms with Crippen LogP contribution >= 0.6 is 0 Å². The van der Waals surface area contributed by atoms with Crippen LogP contribution in [-0.2, 0) is 0 Å². The summed E-state index contributed by atoms with van der Waals surface area (Å²) in [6.07, 6.45) is 4.90. The van der Waals surface area contributed by atoms with E-state index in [1.165, 1.54) is 0 Å². The van der Waals surface area contributed by atoms with E-state index in [0.29, 0.717) is 5.56 Å². The van der Waals surface area contributed by atoms with Crippen molar-refractivity contribution in [2.45, 2.75) is 25.3 Å². The number of fused-ring (bicyclic) bond motifs is 1. The number of hydrogen-bond acceptors (Lipinski definition) is 3. The van der Waals surface area contributed by atoms with E-state index in [1.54, 1.807) is 18.3 Å². The van der Waals surface area contributed by atoms with Crippen molar-refractivity contribution in [3.05, 3.63) is 35.5 Å². The number of hydrogen-bond donors (Lipinski definition) is 2. The Morgan fingerprint density at radius 2 is 2.26 bits per heavy atom. The molecule has 0 saturated carbocycles. The van der Waals surface area contributed by atoms with Gasteiger partial charge in [0, 0.05) is 22.7 Å². The largest absolute Gasteiger partial charge is 0.360 e. The number of ketones is 1. The Morgan fingerprint density at radius 1 is 1.37 bits per heavy atom. The first-order chi connectivity index (χ1) is 9.29.